The van der Waals surface area contributed by atoms with E-state index in [0.717, 1.165) is 12.5 Å². The van der Waals surface area contributed by atoms with Gasteiger partial charge in [-0.2, -0.15) is 0 Å². The second kappa shape index (κ2) is 4.87. The molecule has 0 aliphatic heterocycles. The van der Waals surface area contributed by atoms with Gasteiger partial charge < -0.3 is 15.1 Å². The minimum atomic E-state index is -1.66. The summed E-state index contributed by atoms with van der Waals surface area (Å²) in [6.07, 6.45) is 1.19. The zero-order chi connectivity index (χ0) is 8.91. The predicted molar refractivity (Wildman–Crippen MR) is 50.5 cm³/mol. The lowest BCUT2D eigenvalue weighted by Crippen LogP contribution is -2.56. The van der Waals surface area contributed by atoms with Crippen molar-refractivity contribution in [2.45, 2.75) is 39.0 Å². The van der Waals surface area contributed by atoms with Crippen LogP contribution in [0.3, 0.4) is 0 Å². The third kappa shape index (κ3) is 4.52. The highest BCUT2D eigenvalue weighted by Crippen LogP contribution is 2.08. The zero-order valence-electron chi connectivity index (χ0n) is 7.98. The number of hydrogen-bond donors (Lipinski definition) is 2. The molecule has 0 saturated heterocycles. The van der Waals surface area contributed by atoms with Crippen LogP contribution in [0.4, 0.5) is 0 Å². The summed E-state index contributed by atoms with van der Waals surface area (Å²) in [5.74, 6) is 0. The van der Waals surface area contributed by atoms with E-state index in [1.807, 2.05) is 6.92 Å². The average molecular weight is 176 g/mol. The van der Waals surface area contributed by atoms with Gasteiger partial charge in [0.05, 0.1) is 0 Å². The Balaban J connectivity index is 3.87. The van der Waals surface area contributed by atoms with Crippen LogP contribution < -0.4 is 10.7 Å². The van der Waals surface area contributed by atoms with Gasteiger partial charge in [0.2, 0.25) is 0 Å². The van der Waals surface area contributed by atoms with Crippen molar-refractivity contribution < 1.29 is 4.43 Å². The smallest absolute Gasteiger partial charge is 0.266 e. The lowest BCUT2D eigenvalue weighted by Gasteiger charge is -2.27. The van der Waals surface area contributed by atoms with Crippen LogP contribution in [0, 0.1) is 0 Å². The Morgan fingerprint density at radius 2 is 2.18 bits per heavy atom. The summed E-state index contributed by atoms with van der Waals surface area (Å²) in [6, 6.07) is 1.12. The lowest BCUT2D eigenvalue weighted by molar-refractivity contribution is 0.374. The molecule has 11 heavy (non-hydrogen) atoms. The molecule has 0 radical (unpaired) electrons. The summed E-state index contributed by atoms with van der Waals surface area (Å²) >= 11 is 0. The Kier molecular flexibility index (Phi) is 4.91. The van der Waals surface area contributed by atoms with Gasteiger partial charge in [0.25, 0.3) is 8.48 Å². The molecule has 0 bridgehead atoms. The van der Waals surface area contributed by atoms with Gasteiger partial charge in [0.15, 0.2) is 0 Å². The SMILES string of the molecule is CCC[Si](C)(NC(C)N)OC. The normalized spacial score (nSPS) is 19.4. The number of nitrogens with two attached hydrogens (primary N) is 1. The summed E-state index contributed by atoms with van der Waals surface area (Å²) in [7, 11) is 0.0997. The Morgan fingerprint density at radius 1 is 1.64 bits per heavy atom. The van der Waals surface area contributed by atoms with E-state index in [0.29, 0.717) is 0 Å². The first-order valence-corrected chi connectivity index (χ1v) is 6.74. The number of rotatable bonds is 5. The third-order valence-electron chi connectivity index (χ3n) is 1.71. The average Bonchev–Trinajstić information content (AvgIpc) is 1.87. The molecule has 3 N–H and O–H groups in total. The highest BCUT2D eigenvalue weighted by atomic mass is 28.4. The second-order valence-electron chi connectivity index (χ2n) is 3.12. The molecule has 0 heterocycles. The van der Waals surface area contributed by atoms with Gasteiger partial charge in [-0.25, -0.2) is 0 Å². The Labute approximate surface area is 70.5 Å². The molecule has 0 aliphatic carbocycles. The van der Waals surface area contributed by atoms with Crippen LogP contribution in [0.5, 0.6) is 0 Å². The first-order valence-electron chi connectivity index (χ1n) is 4.12. The molecule has 0 aliphatic rings. The first kappa shape index (κ1) is 11.1. The van der Waals surface area contributed by atoms with Gasteiger partial charge in [-0.15, -0.1) is 0 Å². The molecule has 2 atom stereocenters. The Bertz CT molecular complexity index is 111. The molecule has 0 spiro atoms. The van der Waals surface area contributed by atoms with E-state index >= 15 is 0 Å². The molecule has 0 fully saturated rings. The van der Waals surface area contributed by atoms with E-state index in [-0.39, 0.29) is 6.17 Å². The molecule has 0 aromatic heterocycles. The maximum absolute atomic E-state index is 5.63. The Hall–Kier alpha value is 0.0969. The fourth-order valence-electron chi connectivity index (χ4n) is 1.19. The summed E-state index contributed by atoms with van der Waals surface area (Å²) in [5, 5.41) is 0. The zero-order valence-corrected chi connectivity index (χ0v) is 8.98. The summed E-state index contributed by atoms with van der Waals surface area (Å²) in [4.78, 5) is 3.30. The van der Waals surface area contributed by atoms with E-state index in [1.54, 1.807) is 7.11 Å². The molecule has 3 nitrogen and oxygen atoms in total. The Morgan fingerprint density at radius 3 is 2.45 bits per heavy atom. The molecular weight excluding hydrogens is 156 g/mol. The van der Waals surface area contributed by atoms with Crippen molar-refractivity contribution in [3.63, 3.8) is 0 Å². The van der Waals surface area contributed by atoms with Crippen LogP contribution in [-0.2, 0) is 4.43 Å². The van der Waals surface area contributed by atoms with Gasteiger partial charge in [-0.05, 0) is 19.5 Å². The van der Waals surface area contributed by atoms with Crippen LogP contribution in [0.2, 0.25) is 12.6 Å². The van der Waals surface area contributed by atoms with E-state index < -0.39 is 8.48 Å². The summed E-state index contributed by atoms with van der Waals surface area (Å²) in [6.45, 7) is 6.26. The van der Waals surface area contributed by atoms with Crippen molar-refractivity contribution in [1.29, 1.82) is 0 Å². The van der Waals surface area contributed by atoms with Gasteiger partial charge in [-0.1, -0.05) is 13.3 Å². The minimum absolute atomic E-state index is 0.0400. The molecule has 4 heteroatoms. The van der Waals surface area contributed by atoms with Crippen LogP contribution in [0.15, 0.2) is 0 Å². The van der Waals surface area contributed by atoms with E-state index in [1.165, 1.54) is 0 Å². The lowest BCUT2D eigenvalue weighted by atomic mass is 10.6. The largest absolute Gasteiger partial charge is 0.406 e. The molecule has 0 amide bonds. The topological polar surface area (TPSA) is 47.3 Å². The molecule has 0 saturated carbocycles. The fourth-order valence-corrected chi connectivity index (χ4v) is 3.58. The monoisotopic (exact) mass is 176 g/mol. The summed E-state index contributed by atoms with van der Waals surface area (Å²) in [5.41, 5.74) is 5.63. The first-order chi connectivity index (χ1) is 5.04. The summed E-state index contributed by atoms with van der Waals surface area (Å²) < 4.78 is 5.44. The van der Waals surface area contributed by atoms with Gasteiger partial charge in [0.1, 0.15) is 0 Å². The van der Waals surface area contributed by atoms with Crippen molar-refractivity contribution in [3.8, 4) is 0 Å². The van der Waals surface area contributed by atoms with Crippen LogP contribution in [0.1, 0.15) is 20.3 Å². The maximum atomic E-state index is 5.63. The van der Waals surface area contributed by atoms with Crippen molar-refractivity contribution in [3.05, 3.63) is 0 Å². The second-order valence-corrected chi connectivity index (χ2v) is 6.78. The van der Waals surface area contributed by atoms with Gasteiger partial charge >= 0.3 is 0 Å². The van der Waals surface area contributed by atoms with Crippen LogP contribution in [0.25, 0.3) is 0 Å². The van der Waals surface area contributed by atoms with Crippen LogP contribution >= 0.6 is 0 Å². The van der Waals surface area contributed by atoms with Crippen molar-refractivity contribution in [1.82, 2.24) is 4.98 Å². The van der Waals surface area contributed by atoms with E-state index in [9.17, 15) is 0 Å². The molecule has 0 rings (SSSR count). The minimum Gasteiger partial charge on any atom is -0.406 e. The third-order valence-corrected chi connectivity index (χ3v) is 5.13. The highest BCUT2D eigenvalue weighted by Gasteiger charge is 2.27. The van der Waals surface area contributed by atoms with Crippen molar-refractivity contribution >= 4 is 8.48 Å². The van der Waals surface area contributed by atoms with Gasteiger partial charge in [-0.3, -0.25) is 0 Å². The molecule has 68 valence electrons. The molecule has 0 aromatic rings. The fraction of sp³-hybridized carbons (Fsp3) is 1.00. The predicted octanol–water partition coefficient (Wildman–Crippen LogP) is 1.01. The molecule has 0 aromatic carbocycles. The van der Waals surface area contributed by atoms with Crippen molar-refractivity contribution in [2.75, 3.05) is 7.11 Å². The maximum Gasteiger partial charge on any atom is 0.266 e. The van der Waals surface area contributed by atoms with Crippen LogP contribution in [-0.4, -0.2) is 21.8 Å². The van der Waals surface area contributed by atoms with Crippen molar-refractivity contribution in [2.24, 2.45) is 5.73 Å². The highest BCUT2D eigenvalue weighted by molar-refractivity contribution is 6.69. The number of hydrogen-bond acceptors (Lipinski definition) is 3. The van der Waals surface area contributed by atoms with E-state index in [2.05, 4.69) is 18.5 Å². The molecule has 2 unspecified atom stereocenters. The number of nitrogens with one attached hydrogen (secondary N) is 1. The van der Waals surface area contributed by atoms with Gasteiger partial charge in [0, 0.05) is 13.3 Å². The van der Waals surface area contributed by atoms with E-state index in [4.69, 9.17) is 10.2 Å². The molecular formula is C7H20N2OSi. The quantitative estimate of drug-likeness (QED) is 0.485. The standard InChI is InChI=1S/C7H20N2OSi/c1-5-6-11(4,10-3)9-7(2)8/h7,9H,5-6,8H2,1-4H3.